The fraction of sp³-hybridized carbons (Fsp3) is 0.462. The Morgan fingerprint density at radius 3 is 2.36 bits per heavy atom. The van der Waals surface area contributed by atoms with Crippen LogP contribution >= 0.6 is 0 Å². The molecule has 1 nitrogen and oxygen atoms in total. The van der Waals surface area contributed by atoms with Gasteiger partial charge in [0.25, 0.3) is 0 Å². The lowest BCUT2D eigenvalue weighted by molar-refractivity contribution is 0.240. The van der Waals surface area contributed by atoms with E-state index in [0.29, 0.717) is 0 Å². The van der Waals surface area contributed by atoms with Gasteiger partial charge in [0.1, 0.15) is 5.75 Å². The molecule has 0 saturated heterocycles. The van der Waals surface area contributed by atoms with E-state index in [9.17, 15) is 0 Å². The minimum atomic E-state index is 0.237. The summed E-state index contributed by atoms with van der Waals surface area (Å²) < 4.78 is 5.72. The van der Waals surface area contributed by atoms with Crippen molar-refractivity contribution >= 4 is 0 Å². The molecule has 0 spiro atoms. The maximum Gasteiger partial charge on any atom is 0.122 e. The van der Waals surface area contributed by atoms with E-state index in [-0.39, 0.29) is 6.10 Å². The zero-order chi connectivity index (χ0) is 10.7. The van der Waals surface area contributed by atoms with Gasteiger partial charge in [-0.05, 0) is 43.9 Å². The molecule has 0 aliphatic heterocycles. The van der Waals surface area contributed by atoms with Crippen molar-refractivity contribution in [3.63, 3.8) is 0 Å². The number of hydrogen-bond donors (Lipinski definition) is 0. The lowest BCUT2D eigenvalue weighted by Gasteiger charge is -2.16. The Kier molecular flexibility index (Phi) is 3.56. The van der Waals surface area contributed by atoms with Gasteiger partial charge in [-0.2, -0.15) is 0 Å². The second-order valence-electron chi connectivity index (χ2n) is 4.10. The Bertz CT molecular complexity index is 300. The number of hydrogen-bond acceptors (Lipinski definition) is 1. The predicted octanol–water partition coefficient (Wildman–Crippen LogP) is 3.74. The highest BCUT2D eigenvalue weighted by Crippen LogP contribution is 2.26. The molecular weight excluding hydrogens is 172 g/mol. The van der Waals surface area contributed by atoms with Crippen LogP contribution < -0.4 is 4.74 Å². The molecule has 0 bridgehead atoms. The molecule has 0 amide bonds. The van der Waals surface area contributed by atoms with Crippen molar-refractivity contribution in [2.45, 2.75) is 40.7 Å². The molecule has 1 aromatic carbocycles. The van der Waals surface area contributed by atoms with E-state index in [1.165, 1.54) is 17.0 Å². The smallest absolute Gasteiger partial charge is 0.122 e. The van der Waals surface area contributed by atoms with E-state index in [2.05, 4.69) is 40.7 Å². The largest absolute Gasteiger partial charge is 0.491 e. The summed E-state index contributed by atoms with van der Waals surface area (Å²) in [5, 5.41) is 0. The van der Waals surface area contributed by atoms with Gasteiger partial charge < -0.3 is 4.74 Å². The van der Waals surface area contributed by atoms with Crippen LogP contribution in [0, 0.1) is 12.8 Å². The summed E-state index contributed by atoms with van der Waals surface area (Å²) in [6.07, 6.45) is 0.237. The van der Waals surface area contributed by atoms with Crippen molar-refractivity contribution in [1.29, 1.82) is 0 Å². The average molecular weight is 191 g/mol. The van der Waals surface area contributed by atoms with Crippen LogP contribution in [0.4, 0.5) is 0 Å². The van der Waals surface area contributed by atoms with Gasteiger partial charge >= 0.3 is 0 Å². The number of benzene rings is 1. The molecule has 14 heavy (non-hydrogen) atoms. The molecule has 0 heterocycles. The third-order valence-corrected chi connectivity index (χ3v) is 2.19. The third kappa shape index (κ3) is 2.50. The SMILES string of the molecule is C[C](C)c1cccc(OC(C)C)c1C. The molecule has 0 atom stereocenters. The van der Waals surface area contributed by atoms with E-state index < -0.39 is 0 Å². The Labute approximate surface area is 87.1 Å². The van der Waals surface area contributed by atoms with Crippen LogP contribution in [0.25, 0.3) is 0 Å². The van der Waals surface area contributed by atoms with Gasteiger partial charge in [-0.3, -0.25) is 0 Å². The second kappa shape index (κ2) is 4.50. The van der Waals surface area contributed by atoms with Crippen LogP contribution in [-0.2, 0) is 0 Å². The first-order valence-corrected chi connectivity index (χ1v) is 5.09. The summed E-state index contributed by atoms with van der Waals surface area (Å²) in [6, 6.07) is 6.21. The second-order valence-corrected chi connectivity index (χ2v) is 4.10. The van der Waals surface area contributed by atoms with Gasteiger partial charge in [0, 0.05) is 0 Å². The zero-order valence-corrected chi connectivity index (χ0v) is 9.72. The Balaban J connectivity index is 3.01. The topological polar surface area (TPSA) is 9.23 Å². The summed E-state index contributed by atoms with van der Waals surface area (Å²) >= 11 is 0. The molecular formula is C13H19O. The molecule has 0 aliphatic rings. The van der Waals surface area contributed by atoms with E-state index in [1.807, 2.05) is 12.1 Å². The molecule has 0 N–H and O–H groups in total. The van der Waals surface area contributed by atoms with E-state index in [0.717, 1.165) is 5.75 Å². The highest BCUT2D eigenvalue weighted by atomic mass is 16.5. The zero-order valence-electron chi connectivity index (χ0n) is 9.72. The molecule has 77 valence electrons. The van der Waals surface area contributed by atoms with Gasteiger partial charge in [-0.1, -0.05) is 26.0 Å². The maximum absolute atomic E-state index is 5.72. The summed E-state index contributed by atoms with van der Waals surface area (Å²) in [4.78, 5) is 0. The van der Waals surface area contributed by atoms with Crippen molar-refractivity contribution in [3.8, 4) is 5.75 Å². The van der Waals surface area contributed by atoms with E-state index in [4.69, 9.17) is 4.74 Å². The van der Waals surface area contributed by atoms with Crippen molar-refractivity contribution in [2.75, 3.05) is 0 Å². The van der Waals surface area contributed by atoms with Crippen LogP contribution in [-0.4, -0.2) is 6.10 Å². The minimum absolute atomic E-state index is 0.237. The van der Waals surface area contributed by atoms with Crippen LogP contribution in [0.5, 0.6) is 5.75 Å². The Hall–Kier alpha value is -0.980. The van der Waals surface area contributed by atoms with Gasteiger partial charge in [-0.25, -0.2) is 0 Å². The lowest BCUT2D eigenvalue weighted by Crippen LogP contribution is -2.07. The van der Waals surface area contributed by atoms with Gasteiger partial charge in [-0.15, -0.1) is 0 Å². The van der Waals surface area contributed by atoms with E-state index >= 15 is 0 Å². The Morgan fingerprint density at radius 1 is 1.21 bits per heavy atom. The summed E-state index contributed by atoms with van der Waals surface area (Å²) in [5.74, 6) is 2.33. The van der Waals surface area contributed by atoms with Crippen LogP contribution in [0.2, 0.25) is 0 Å². The summed E-state index contributed by atoms with van der Waals surface area (Å²) in [7, 11) is 0. The van der Waals surface area contributed by atoms with Gasteiger partial charge in [0.05, 0.1) is 6.10 Å². The molecule has 1 heteroatoms. The summed E-state index contributed by atoms with van der Waals surface area (Å²) in [5.41, 5.74) is 2.53. The number of rotatable bonds is 3. The Morgan fingerprint density at radius 2 is 1.86 bits per heavy atom. The van der Waals surface area contributed by atoms with Crippen molar-refractivity contribution in [2.24, 2.45) is 0 Å². The summed E-state index contributed by atoms with van der Waals surface area (Å²) in [6.45, 7) is 10.5. The van der Waals surface area contributed by atoms with Crippen LogP contribution in [0.1, 0.15) is 38.8 Å². The fourth-order valence-corrected chi connectivity index (χ4v) is 1.54. The molecule has 1 rings (SSSR count). The fourth-order valence-electron chi connectivity index (χ4n) is 1.54. The molecule has 0 aromatic heterocycles. The first kappa shape index (κ1) is 11.1. The first-order valence-electron chi connectivity index (χ1n) is 5.09. The average Bonchev–Trinajstić information content (AvgIpc) is 2.07. The lowest BCUT2D eigenvalue weighted by atomic mass is 9.97. The molecule has 1 radical (unpaired) electrons. The monoisotopic (exact) mass is 191 g/mol. The van der Waals surface area contributed by atoms with Crippen molar-refractivity contribution < 1.29 is 4.74 Å². The standard InChI is InChI=1S/C13H19O/c1-9(2)12-7-6-8-13(11(12)5)14-10(3)4/h6-8,10H,1-5H3. The maximum atomic E-state index is 5.72. The van der Waals surface area contributed by atoms with E-state index in [1.54, 1.807) is 0 Å². The molecule has 0 unspecified atom stereocenters. The van der Waals surface area contributed by atoms with Gasteiger partial charge in [0.2, 0.25) is 0 Å². The normalized spacial score (nSPS) is 11.1. The first-order chi connectivity index (χ1) is 6.52. The highest BCUT2D eigenvalue weighted by Gasteiger charge is 2.08. The molecule has 0 fully saturated rings. The molecule has 1 aromatic rings. The molecule has 0 saturated carbocycles. The van der Waals surface area contributed by atoms with Crippen molar-refractivity contribution in [3.05, 3.63) is 35.2 Å². The van der Waals surface area contributed by atoms with Crippen molar-refractivity contribution in [1.82, 2.24) is 0 Å². The van der Waals surface area contributed by atoms with Gasteiger partial charge in [0.15, 0.2) is 0 Å². The number of ether oxygens (including phenoxy) is 1. The highest BCUT2D eigenvalue weighted by molar-refractivity contribution is 5.45. The minimum Gasteiger partial charge on any atom is -0.491 e. The predicted molar refractivity (Wildman–Crippen MR) is 60.6 cm³/mol. The van der Waals surface area contributed by atoms with Crippen LogP contribution in [0.3, 0.4) is 0 Å². The quantitative estimate of drug-likeness (QED) is 0.707. The third-order valence-electron chi connectivity index (χ3n) is 2.19. The van der Waals surface area contributed by atoms with Crippen LogP contribution in [0.15, 0.2) is 18.2 Å². The molecule has 0 aliphatic carbocycles.